The Morgan fingerprint density at radius 3 is 3.00 bits per heavy atom. The predicted molar refractivity (Wildman–Crippen MR) is 66.2 cm³/mol. The molecule has 0 amide bonds. The van der Waals surface area contributed by atoms with Gasteiger partial charge in [-0.2, -0.15) is 0 Å². The van der Waals surface area contributed by atoms with Gasteiger partial charge >= 0.3 is 0 Å². The molecule has 0 aliphatic carbocycles. The summed E-state index contributed by atoms with van der Waals surface area (Å²) in [6.45, 7) is 0. The zero-order chi connectivity index (χ0) is 10.7. The standard InChI is InChI=1S/C11H12BrNOS/c1-13-11(8-2-3-14-6-8)5-10-4-9(12)7-15-10/h2-4,6-7,11,13H,5H2,1H3. The fraction of sp³-hybridized carbons (Fsp3) is 0.273. The summed E-state index contributed by atoms with van der Waals surface area (Å²) < 4.78 is 6.25. The van der Waals surface area contributed by atoms with E-state index in [0.29, 0.717) is 6.04 Å². The predicted octanol–water partition coefficient (Wildman–Crippen LogP) is 3.61. The Morgan fingerprint density at radius 1 is 1.60 bits per heavy atom. The monoisotopic (exact) mass is 285 g/mol. The summed E-state index contributed by atoms with van der Waals surface area (Å²) >= 11 is 5.24. The molecule has 2 heterocycles. The van der Waals surface area contributed by atoms with Crippen molar-refractivity contribution in [3.8, 4) is 0 Å². The highest BCUT2D eigenvalue weighted by atomic mass is 79.9. The van der Waals surface area contributed by atoms with E-state index in [0.717, 1.165) is 10.9 Å². The number of furan rings is 1. The van der Waals surface area contributed by atoms with Crippen molar-refractivity contribution in [3.63, 3.8) is 0 Å². The zero-order valence-corrected chi connectivity index (χ0v) is 10.8. The maximum atomic E-state index is 5.09. The third-order valence-corrected chi connectivity index (χ3v) is 4.04. The second-order valence-corrected chi connectivity index (χ2v) is 5.24. The average molecular weight is 286 g/mol. The SMILES string of the molecule is CNC(Cc1cc(Br)cs1)c1ccoc1. The van der Waals surface area contributed by atoms with Gasteiger partial charge in [0, 0.05) is 32.8 Å². The molecule has 0 spiro atoms. The summed E-state index contributed by atoms with van der Waals surface area (Å²) in [7, 11) is 1.97. The van der Waals surface area contributed by atoms with Crippen molar-refractivity contribution in [2.24, 2.45) is 0 Å². The van der Waals surface area contributed by atoms with Gasteiger partial charge in [0.25, 0.3) is 0 Å². The van der Waals surface area contributed by atoms with Crippen molar-refractivity contribution in [1.82, 2.24) is 5.32 Å². The first-order valence-corrected chi connectivity index (χ1v) is 6.39. The van der Waals surface area contributed by atoms with E-state index in [1.54, 1.807) is 23.9 Å². The van der Waals surface area contributed by atoms with Crippen LogP contribution in [0.3, 0.4) is 0 Å². The third kappa shape index (κ3) is 2.71. The molecule has 0 bridgehead atoms. The van der Waals surface area contributed by atoms with E-state index >= 15 is 0 Å². The lowest BCUT2D eigenvalue weighted by molar-refractivity contribution is 0.543. The minimum atomic E-state index is 0.328. The Balaban J connectivity index is 2.09. The average Bonchev–Trinajstić information content (AvgIpc) is 2.85. The molecule has 1 unspecified atom stereocenters. The normalized spacial score (nSPS) is 12.9. The zero-order valence-electron chi connectivity index (χ0n) is 8.37. The molecule has 0 aliphatic heterocycles. The van der Waals surface area contributed by atoms with Gasteiger partial charge in [-0.15, -0.1) is 11.3 Å². The van der Waals surface area contributed by atoms with Crippen molar-refractivity contribution in [2.75, 3.05) is 7.05 Å². The molecule has 1 atom stereocenters. The lowest BCUT2D eigenvalue weighted by Gasteiger charge is -2.12. The van der Waals surface area contributed by atoms with Crippen LogP contribution in [-0.2, 0) is 6.42 Å². The molecular formula is C11H12BrNOS. The summed E-state index contributed by atoms with van der Waals surface area (Å²) in [4.78, 5) is 1.36. The van der Waals surface area contributed by atoms with Crippen molar-refractivity contribution >= 4 is 27.3 Å². The van der Waals surface area contributed by atoms with Crippen LogP contribution in [0.25, 0.3) is 0 Å². The molecule has 0 saturated carbocycles. The molecule has 2 aromatic heterocycles. The second kappa shape index (κ2) is 4.96. The number of hydrogen-bond acceptors (Lipinski definition) is 3. The first-order valence-electron chi connectivity index (χ1n) is 4.72. The molecular weight excluding hydrogens is 274 g/mol. The Kier molecular flexibility index (Phi) is 3.61. The number of halogens is 1. The van der Waals surface area contributed by atoms with E-state index in [4.69, 9.17) is 4.42 Å². The van der Waals surface area contributed by atoms with Crippen LogP contribution < -0.4 is 5.32 Å². The highest BCUT2D eigenvalue weighted by molar-refractivity contribution is 9.10. The summed E-state index contributed by atoms with van der Waals surface area (Å²) in [5.74, 6) is 0. The van der Waals surface area contributed by atoms with Crippen LogP contribution in [0.5, 0.6) is 0 Å². The van der Waals surface area contributed by atoms with Gasteiger partial charge in [-0.1, -0.05) is 0 Å². The summed E-state index contributed by atoms with van der Waals surface area (Å²) in [5, 5.41) is 5.40. The molecule has 0 fully saturated rings. The van der Waals surface area contributed by atoms with Crippen LogP contribution in [0.2, 0.25) is 0 Å². The molecule has 4 heteroatoms. The van der Waals surface area contributed by atoms with Crippen LogP contribution in [0.15, 0.2) is 38.9 Å². The maximum absolute atomic E-state index is 5.09. The second-order valence-electron chi connectivity index (χ2n) is 3.33. The van der Waals surface area contributed by atoms with Gasteiger partial charge in [-0.05, 0) is 35.1 Å². The smallest absolute Gasteiger partial charge is 0.0950 e. The fourth-order valence-corrected chi connectivity index (χ4v) is 3.02. The van der Waals surface area contributed by atoms with Crippen LogP contribution in [-0.4, -0.2) is 7.05 Å². The number of nitrogens with one attached hydrogen (secondary N) is 1. The van der Waals surface area contributed by atoms with E-state index < -0.39 is 0 Å². The largest absolute Gasteiger partial charge is 0.472 e. The van der Waals surface area contributed by atoms with E-state index in [-0.39, 0.29) is 0 Å². The molecule has 1 N–H and O–H groups in total. The Labute approximate surface area is 101 Å². The molecule has 0 aromatic carbocycles. The molecule has 15 heavy (non-hydrogen) atoms. The molecule has 0 saturated heterocycles. The number of thiophene rings is 1. The maximum Gasteiger partial charge on any atom is 0.0950 e. The van der Waals surface area contributed by atoms with Gasteiger partial charge in [0.2, 0.25) is 0 Å². The lowest BCUT2D eigenvalue weighted by Crippen LogP contribution is -2.17. The lowest BCUT2D eigenvalue weighted by atomic mass is 10.1. The highest BCUT2D eigenvalue weighted by Gasteiger charge is 2.12. The molecule has 0 radical (unpaired) electrons. The Morgan fingerprint density at radius 2 is 2.47 bits per heavy atom. The molecule has 0 aliphatic rings. The van der Waals surface area contributed by atoms with Gasteiger partial charge < -0.3 is 9.73 Å². The minimum Gasteiger partial charge on any atom is -0.472 e. The third-order valence-electron chi connectivity index (χ3n) is 2.32. The van der Waals surface area contributed by atoms with Gasteiger partial charge in [0.05, 0.1) is 12.5 Å². The van der Waals surface area contributed by atoms with Crippen LogP contribution in [0, 0.1) is 0 Å². The highest BCUT2D eigenvalue weighted by Crippen LogP contribution is 2.25. The van der Waals surface area contributed by atoms with Gasteiger partial charge in [-0.25, -0.2) is 0 Å². The van der Waals surface area contributed by atoms with Crippen LogP contribution in [0.4, 0.5) is 0 Å². The molecule has 80 valence electrons. The van der Waals surface area contributed by atoms with Gasteiger partial charge in [0.15, 0.2) is 0 Å². The quantitative estimate of drug-likeness (QED) is 0.929. The first kappa shape index (κ1) is 10.9. The van der Waals surface area contributed by atoms with E-state index in [9.17, 15) is 0 Å². The summed E-state index contributed by atoms with van der Waals surface area (Å²) in [6, 6.07) is 4.49. The van der Waals surface area contributed by atoms with Gasteiger partial charge in [0.1, 0.15) is 0 Å². The number of rotatable bonds is 4. The number of likely N-dealkylation sites (N-methyl/N-ethyl adjacent to an activating group) is 1. The van der Waals surface area contributed by atoms with Crippen molar-refractivity contribution in [2.45, 2.75) is 12.5 Å². The van der Waals surface area contributed by atoms with E-state index in [1.807, 2.05) is 13.1 Å². The van der Waals surface area contributed by atoms with Crippen molar-refractivity contribution in [1.29, 1.82) is 0 Å². The van der Waals surface area contributed by atoms with Crippen molar-refractivity contribution < 1.29 is 4.42 Å². The summed E-state index contributed by atoms with van der Waals surface area (Å²) in [6.07, 6.45) is 4.50. The molecule has 2 rings (SSSR count). The van der Waals surface area contributed by atoms with Crippen LogP contribution in [0.1, 0.15) is 16.5 Å². The van der Waals surface area contributed by atoms with E-state index in [1.165, 1.54) is 10.4 Å². The van der Waals surface area contributed by atoms with Gasteiger partial charge in [-0.3, -0.25) is 0 Å². The van der Waals surface area contributed by atoms with Crippen LogP contribution >= 0.6 is 27.3 Å². The number of hydrogen-bond donors (Lipinski definition) is 1. The minimum absolute atomic E-state index is 0.328. The van der Waals surface area contributed by atoms with Crippen molar-refractivity contribution in [3.05, 3.63) is 45.0 Å². The van der Waals surface area contributed by atoms with E-state index in [2.05, 4.69) is 32.7 Å². The Bertz CT molecular complexity index is 410. The molecule has 2 nitrogen and oxygen atoms in total. The fourth-order valence-electron chi connectivity index (χ4n) is 1.52. The molecule has 2 aromatic rings. The summed E-state index contributed by atoms with van der Waals surface area (Å²) in [5.41, 5.74) is 1.20. The first-order chi connectivity index (χ1) is 7.29. The topological polar surface area (TPSA) is 25.2 Å². The Hall–Kier alpha value is -0.580.